The van der Waals surface area contributed by atoms with Crippen LogP contribution in [0.3, 0.4) is 0 Å². The van der Waals surface area contributed by atoms with Gasteiger partial charge in [0.2, 0.25) is 5.28 Å². The first-order valence-electron chi connectivity index (χ1n) is 6.83. The van der Waals surface area contributed by atoms with Crippen molar-refractivity contribution < 1.29 is 25.3 Å². The molecule has 0 spiro atoms. The van der Waals surface area contributed by atoms with E-state index in [0.29, 0.717) is 0 Å². The number of rotatable bonds is 3. The Morgan fingerprint density at radius 3 is 2.67 bits per heavy atom. The number of ether oxygens (including phenoxy) is 1. The molecule has 4 atom stereocenters. The maximum Gasteiger partial charge on any atom is 0.226 e. The van der Waals surface area contributed by atoms with Gasteiger partial charge in [-0.25, -0.2) is 4.98 Å². The van der Waals surface area contributed by atoms with E-state index in [0.717, 1.165) is 0 Å². The van der Waals surface area contributed by atoms with E-state index in [1.165, 1.54) is 10.8 Å². The fourth-order valence-corrected chi connectivity index (χ4v) is 2.87. The zero-order valence-corrected chi connectivity index (χ0v) is 12.9. The summed E-state index contributed by atoms with van der Waals surface area (Å²) in [6, 6.07) is 0. The predicted molar refractivity (Wildman–Crippen MR) is 82.5 cm³/mol. The highest BCUT2D eigenvalue weighted by Crippen LogP contribution is 2.35. The first-order valence-corrected chi connectivity index (χ1v) is 7.20. The van der Waals surface area contributed by atoms with E-state index in [4.69, 9.17) is 33.0 Å². The lowest BCUT2D eigenvalue weighted by Crippen LogP contribution is -2.33. The van der Waals surface area contributed by atoms with Crippen molar-refractivity contribution >= 4 is 34.3 Å². The van der Waals surface area contributed by atoms with Gasteiger partial charge in [-0.1, -0.05) is 5.16 Å². The molecule has 0 aliphatic carbocycles. The Bertz CT molecular complexity index is 811. The van der Waals surface area contributed by atoms with Crippen LogP contribution in [0.2, 0.25) is 5.28 Å². The molecule has 3 heterocycles. The molecule has 1 fully saturated rings. The van der Waals surface area contributed by atoms with Crippen molar-refractivity contribution in [3.8, 4) is 0 Å². The number of hydrogen-bond acceptors (Lipinski definition) is 9. The molecule has 11 nitrogen and oxygen atoms in total. The number of hydrogen-bond donors (Lipinski definition) is 6. The van der Waals surface area contributed by atoms with E-state index in [2.05, 4.69) is 15.1 Å². The van der Waals surface area contributed by atoms with Crippen LogP contribution in [0.5, 0.6) is 0 Å². The number of amidine groups is 1. The summed E-state index contributed by atoms with van der Waals surface area (Å²) in [7, 11) is 0. The van der Waals surface area contributed by atoms with E-state index in [1.54, 1.807) is 0 Å². The zero-order valence-electron chi connectivity index (χ0n) is 12.1. The molecule has 0 radical (unpaired) electrons. The average molecular weight is 359 g/mol. The molecule has 2 aromatic heterocycles. The molecule has 8 N–H and O–H groups in total. The molecule has 3 rings (SSSR count). The molecule has 0 saturated carbocycles. The largest absolute Gasteiger partial charge is 0.409 e. The van der Waals surface area contributed by atoms with Crippen molar-refractivity contribution in [1.29, 1.82) is 0 Å². The zero-order chi connectivity index (χ0) is 17.6. The number of fused-ring (bicyclic) bond motifs is 1. The molecule has 1 aliphatic rings. The van der Waals surface area contributed by atoms with E-state index in [9.17, 15) is 15.3 Å². The van der Waals surface area contributed by atoms with Crippen molar-refractivity contribution in [3.05, 3.63) is 17.0 Å². The molecule has 0 bridgehead atoms. The van der Waals surface area contributed by atoms with Gasteiger partial charge in [0.1, 0.15) is 29.8 Å². The van der Waals surface area contributed by atoms with Crippen molar-refractivity contribution in [2.45, 2.75) is 24.5 Å². The summed E-state index contributed by atoms with van der Waals surface area (Å²) in [5, 5.41) is 41.3. The van der Waals surface area contributed by atoms with Gasteiger partial charge >= 0.3 is 0 Å². The van der Waals surface area contributed by atoms with Crippen molar-refractivity contribution in [2.24, 2.45) is 10.9 Å². The number of nitrogens with two attached hydrogens (primary N) is 2. The SMILES string of the molecule is N/C(=N\O)c1cn([C@@H]2O[C@H](CO)[C@@H](O)[C@H]2O)c2nc(Cl)nc(N)c12. The van der Waals surface area contributed by atoms with Crippen LogP contribution < -0.4 is 11.5 Å². The second kappa shape index (κ2) is 6.03. The van der Waals surface area contributed by atoms with Crippen molar-refractivity contribution in [2.75, 3.05) is 12.3 Å². The molecular weight excluding hydrogens is 344 g/mol. The van der Waals surface area contributed by atoms with Crippen LogP contribution in [0, 0.1) is 0 Å². The smallest absolute Gasteiger partial charge is 0.226 e. The van der Waals surface area contributed by atoms with Gasteiger partial charge in [-0.2, -0.15) is 4.98 Å². The van der Waals surface area contributed by atoms with Crippen molar-refractivity contribution in [3.63, 3.8) is 0 Å². The Balaban J connectivity index is 2.22. The first kappa shape index (κ1) is 16.7. The van der Waals surface area contributed by atoms with Gasteiger partial charge in [-0.3, -0.25) is 0 Å². The maximum atomic E-state index is 10.2. The Hall–Kier alpha value is -2.18. The Labute approximate surface area is 139 Å². The van der Waals surface area contributed by atoms with Gasteiger partial charge in [0, 0.05) is 6.20 Å². The van der Waals surface area contributed by atoms with Crippen molar-refractivity contribution in [1.82, 2.24) is 14.5 Å². The molecule has 0 unspecified atom stereocenters. The number of halogens is 1. The maximum absolute atomic E-state index is 10.2. The molecule has 0 aromatic carbocycles. The summed E-state index contributed by atoms with van der Waals surface area (Å²) in [5.74, 6) is -0.278. The lowest BCUT2D eigenvalue weighted by molar-refractivity contribution is -0.0508. The number of aliphatic hydroxyl groups excluding tert-OH is 3. The number of aromatic nitrogens is 3. The third-order valence-corrected chi connectivity index (χ3v) is 4.02. The third kappa shape index (κ3) is 2.42. The quantitative estimate of drug-likeness (QED) is 0.123. The number of nitrogens with zero attached hydrogens (tertiary/aromatic N) is 4. The summed E-state index contributed by atoms with van der Waals surface area (Å²) in [5.41, 5.74) is 11.8. The first-order chi connectivity index (χ1) is 11.4. The second-order valence-corrected chi connectivity index (χ2v) is 5.58. The van der Waals surface area contributed by atoms with Crippen LogP contribution in [0.1, 0.15) is 11.8 Å². The summed E-state index contributed by atoms with van der Waals surface area (Å²) in [6.45, 7) is -0.487. The highest BCUT2D eigenvalue weighted by Gasteiger charge is 2.44. The normalized spacial score (nSPS) is 27.9. The standard InChI is InChI=1S/C12H15ClN6O5/c13-12-16-9(15)5-3(8(14)18-23)1-19(10(5)17-12)11-7(22)6(21)4(2-20)24-11/h1,4,6-7,11,20-23H,2H2,(H2,14,18)(H2,15,16,17)/t4-,6-,7-,11-/m1/s1. The highest BCUT2D eigenvalue weighted by molar-refractivity contribution is 6.29. The fourth-order valence-electron chi connectivity index (χ4n) is 2.70. The predicted octanol–water partition coefficient (Wildman–Crippen LogP) is -1.63. The van der Waals surface area contributed by atoms with Crippen LogP contribution in [0.25, 0.3) is 11.0 Å². The monoisotopic (exact) mass is 358 g/mol. The van der Waals surface area contributed by atoms with Crippen LogP contribution in [0.15, 0.2) is 11.4 Å². The second-order valence-electron chi connectivity index (χ2n) is 5.24. The topological polar surface area (TPSA) is 185 Å². The number of aliphatic hydroxyl groups is 3. The molecule has 1 saturated heterocycles. The lowest BCUT2D eigenvalue weighted by Gasteiger charge is -2.17. The summed E-state index contributed by atoms with van der Waals surface area (Å²) >= 11 is 5.83. The molecule has 24 heavy (non-hydrogen) atoms. The number of anilines is 1. The minimum Gasteiger partial charge on any atom is -0.409 e. The van der Waals surface area contributed by atoms with Gasteiger partial charge < -0.3 is 41.3 Å². The van der Waals surface area contributed by atoms with E-state index in [1.807, 2.05) is 0 Å². The van der Waals surface area contributed by atoms with Crippen LogP contribution in [-0.2, 0) is 4.74 Å². The minimum absolute atomic E-state index is 0.0166. The molecule has 12 heteroatoms. The van der Waals surface area contributed by atoms with Gasteiger partial charge in [-0.15, -0.1) is 0 Å². The molecule has 1 aliphatic heterocycles. The van der Waals surface area contributed by atoms with Crippen LogP contribution >= 0.6 is 11.6 Å². The number of oxime groups is 1. The Morgan fingerprint density at radius 1 is 1.38 bits per heavy atom. The van der Waals surface area contributed by atoms with Gasteiger partial charge in [0.15, 0.2) is 12.1 Å². The Kier molecular flexibility index (Phi) is 4.19. The molecule has 2 aromatic rings. The number of nitrogen functional groups attached to an aromatic ring is 1. The fraction of sp³-hybridized carbons (Fsp3) is 0.417. The van der Waals surface area contributed by atoms with E-state index in [-0.39, 0.29) is 33.5 Å². The van der Waals surface area contributed by atoms with Gasteiger partial charge in [0.05, 0.1) is 17.6 Å². The summed E-state index contributed by atoms with van der Waals surface area (Å²) in [4.78, 5) is 7.86. The minimum atomic E-state index is -1.35. The third-order valence-electron chi connectivity index (χ3n) is 3.85. The summed E-state index contributed by atoms with van der Waals surface area (Å²) < 4.78 is 6.79. The van der Waals surface area contributed by atoms with Crippen LogP contribution in [0.4, 0.5) is 5.82 Å². The van der Waals surface area contributed by atoms with Crippen LogP contribution in [-0.4, -0.2) is 65.8 Å². The average Bonchev–Trinajstić information content (AvgIpc) is 3.06. The molecule has 0 amide bonds. The van der Waals surface area contributed by atoms with E-state index < -0.39 is 31.1 Å². The summed E-state index contributed by atoms with van der Waals surface area (Å²) in [6.07, 6.45) is -3.36. The van der Waals surface area contributed by atoms with E-state index >= 15 is 0 Å². The molecule has 130 valence electrons. The van der Waals surface area contributed by atoms with Gasteiger partial charge in [0.25, 0.3) is 0 Å². The van der Waals surface area contributed by atoms with Gasteiger partial charge in [-0.05, 0) is 11.6 Å². The Morgan fingerprint density at radius 2 is 2.08 bits per heavy atom. The highest BCUT2D eigenvalue weighted by atomic mass is 35.5. The molecular formula is C12H15ClN6O5. The lowest BCUT2D eigenvalue weighted by atomic mass is 10.1.